The standard InChI is InChI=1S/C13H12BrN3O/c14-12-6-5-11(8-17-12)16-7-9-1-3-10(4-2-9)13(15)18/h1-6,8,16H,7H2,(H2,15,18). The normalized spacial score (nSPS) is 10.1. The quantitative estimate of drug-likeness (QED) is 0.853. The highest BCUT2D eigenvalue weighted by molar-refractivity contribution is 9.10. The maximum atomic E-state index is 10.9. The van der Waals surface area contributed by atoms with Crippen molar-refractivity contribution in [3.8, 4) is 0 Å². The van der Waals surface area contributed by atoms with Gasteiger partial charge in [0.2, 0.25) is 5.91 Å². The number of amides is 1. The SMILES string of the molecule is NC(=O)c1ccc(CNc2ccc(Br)nc2)cc1. The number of pyridine rings is 1. The number of carbonyl (C=O) groups excluding carboxylic acids is 1. The number of hydrogen-bond acceptors (Lipinski definition) is 3. The Labute approximate surface area is 113 Å². The minimum absolute atomic E-state index is 0.411. The summed E-state index contributed by atoms with van der Waals surface area (Å²) in [5, 5.41) is 3.24. The van der Waals surface area contributed by atoms with E-state index in [-0.39, 0.29) is 0 Å². The smallest absolute Gasteiger partial charge is 0.248 e. The number of nitrogens with zero attached hydrogens (tertiary/aromatic N) is 1. The Kier molecular flexibility index (Phi) is 3.94. The lowest BCUT2D eigenvalue weighted by Gasteiger charge is -2.06. The molecule has 0 saturated heterocycles. The van der Waals surface area contributed by atoms with Crippen LogP contribution in [0.5, 0.6) is 0 Å². The van der Waals surface area contributed by atoms with Crippen LogP contribution in [-0.4, -0.2) is 10.9 Å². The van der Waals surface area contributed by atoms with Crippen molar-refractivity contribution in [3.05, 3.63) is 58.3 Å². The summed E-state index contributed by atoms with van der Waals surface area (Å²) in [7, 11) is 0. The number of aromatic nitrogens is 1. The van der Waals surface area contributed by atoms with Gasteiger partial charge in [0, 0.05) is 12.1 Å². The maximum absolute atomic E-state index is 10.9. The van der Waals surface area contributed by atoms with Gasteiger partial charge in [-0.1, -0.05) is 12.1 Å². The molecule has 0 aliphatic rings. The molecule has 2 aromatic rings. The zero-order chi connectivity index (χ0) is 13.0. The van der Waals surface area contributed by atoms with Crippen LogP contribution in [0, 0.1) is 0 Å². The van der Waals surface area contributed by atoms with Crippen LogP contribution in [0.15, 0.2) is 47.2 Å². The molecule has 1 heterocycles. The van der Waals surface area contributed by atoms with E-state index in [4.69, 9.17) is 5.73 Å². The second-order valence-corrected chi connectivity index (χ2v) is 4.60. The Hall–Kier alpha value is -1.88. The number of nitrogens with two attached hydrogens (primary N) is 1. The molecule has 0 bridgehead atoms. The van der Waals surface area contributed by atoms with E-state index in [1.54, 1.807) is 18.3 Å². The summed E-state index contributed by atoms with van der Waals surface area (Å²) >= 11 is 3.28. The molecule has 0 aliphatic carbocycles. The van der Waals surface area contributed by atoms with Crippen LogP contribution < -0.4 is 11.1 Å². The lowest BCUT2D eigenvalue weighted by molar-refractivity contribution is 0.100. The molecule has 0 aliphatic heterocycles. The van der Waals surface area contributed by atoms with Gasteiger partial charge in [-0.15, -0.1) is 0 Å². The van der Waals surface area contributed by atoms with Gasteiger partial charge in [0.1, 0.15) is 4.60 Å². The molecule has 0 radical (unpaired) electrons. The molecule has 5 heteroatoms. The highest BCUT2D eigenvalue weighted by Gasteiger charge is 2.00. The summed E-state index contributed by atoms with van der Waals surface area (Å²) in [6.45, 7) is 0.669. The fourth-order valence-electron chi connectivity index (χ4n) is 1.47. The van der Waals surface area contributed by atoms with Gasteiger partial charge in [-0.3, -0.25) is 4.79 Å². The topological polar surface area (TPSA) is 68.0 Å². The zero-order valence-corrected chi connectivity index (χ0v) is 11.1. The second kappa shape index (κ2) is 5.64. The Morgan fingerprint density at radius 3 is 2.50 bits per heavy atom. The van der Waals surface area contributed by atoms with E-state index >= 15 is 0 Å². The van der Waals surface area contributed by atoms with Crippen LogP contribution in [0.2, 0.25) is 0 Å². The van der Waals surface area contributed by atoms with Crippen LogP contribution in [0.1, 0.15) is 15.9 Å². The second-order valence-electron chi connectivity index (χ2n) is 3.78. The lowest BCUT2D eigenvalue weighted by atomic mass is 10.1. The molecule has 1 aromatic heterocycles. The largest absolute Gasteiger partial charge is 0.380 e. The summed E-state index contributed by atoms with van der Waals surface area (Å²) in [6, 6.07) is 11.0. The highest BCUT2D eigenvalue weighted by atomic mass is 79.9. The van der Waals surface area contributed by atoms with E-state index < -0.39 is 5.91 Å². The fourth-order valence-corrected chi connectivity index (χ4v) is 1.71. The van der Waals surface area contributed by atoms with Crippen LogP contribution >= 0.6 is 15.9 Å². The average Bonchev–Trinajstić information content (AvgIpc) is 2.38. The molecule has 18 heavy (non-hydrogen) atoms. The molecular formula is C13H12BrN3O. The molecule has 0 spiro atoms. The molecule has 4 nitrogen and oxygen atoms in total. The van der Waals surface area contributed by atoms with Gasteiger partial charge in [0.25, 0.3) is 0 Å². The molecule has 0 saturated carbocycles. The Balaban J connectivity index is 1.97. The number of rotatable bonds is 4. The van der Waals surface area contributed by atoms with Gasteiger partial charge in [0.05, 0.1) is 11.9 Å². The number of anilines is 1. The maximum Gasteiger partial charge on any atom is 0.248 e. The van der Waals surface area contributed by atoms with E-state index in [0.717, 1.165) is 15.9 Å². The summed E-state index contributed by atoms with van der Waals surface area (Å²) in [5.41, 5.74) is 7.71. The van der Waals surface area contributed by atoms with E-state index in [2.05, 4.69) is 26.2 Å². The summed E-state index contributed by atoms with van der Waals surface area (Å²) in [4.78, 5) is 15.0. The first-order chi connectivity index (χ1) is 8.65. The lowest BCUT2D eigenvalue weighted by Crippen LogP contribution is -2.10. The number of benzene rings is 1. The Morgan fingerprint density at radius 1 is 1.22 bits per heavy atom. The summed E-state index contributed by atoms with van der Waals surface area (Å²) in [5.74, 6) is -0.411. The van der Waals surface area contributed by atoms with Gasteiger partial charge in [-0.25, -0.2) is 4.98 Å². The van der Waals surface area contributed by atoms with Crippen molar-refractivity contribution in [2.24, 2.45) is 5.73 Å². The van der Waals surface area contributed by atoms with Gasteiger partial charge in [-0.2, -0.15) is 0 Å². The van der Waals surface area contributed by atoms with Crippen LogP contribution in [-0.2, 0) is 6.54 Å². The zero-order valence-electron chi connectivity index (χ0n) is 9.56. The van der Waals surface area contributed by atoms with Crippen molar-refractivity contribution >= 4 is 27.5 Å². The molecule has 1 amide bonds. The minimum atomic E-state index is -0.411. The fraction of sp³-hybridized carbons (Fsp3) is 0.0769. The van der Waals surface area contributed by atoms with Crippen LogP contribution in [0.4, 0.5) is 5.69 Å². The Morgan fingerprint density at radius 2 is 1.94 bits per heavy atom. The molecule has 1 aromatic carbocycles. The van der Waals surface area contributed by atoms with E-state index in [0.29, 0.717) is 12.1 Å². The summed E-state index contributed by atoms with van der Waals surface area (Å²) < 4.78 is 0.805. The number of nitrogens with one attached hydrogen (secondary N) is 1. The van der Waals surface area contributed by atoms with Crippen molar-refractivity contribution in [2.45, 2.75) is 6.54 Å². The molecule has 3 N–H and O–H groups in total. The third kappa shape index (κ3) is 3.30. The van der Waals surface area contributed by atoms with Gasteiger partial charge in [0.15, 0.2) is 0 Å². The average molecular weight is 306 g/mol. The molecular weight excluding hydrogens is 294 g/mol. The predicted octanol–water partition coefficient (Wildman–Crippen LogP) is 2.56. The van der Waals surface area contributed by atoms with Gasteiger partial charge < -0.3 is 11.1 Å². The van der Waals surface area contributed by atoms with Gasteiger partial charge in [-0.05, 0) is 45.8 Å². The predicted molar refractivity (Wildman–Crippen MR) is 74.2 cm³/mol. The number of carbonyl (C=O) groups is 1. The van der Waals surface area contributed by atoms with Crippen molar-refractivity contribution in [1.29, 1.82) is 0 Å². The molecule has 92 valence electrons. The van der Waals surface area contributed by atoms with E-state index in [1.165, 1.54) is 0 Å². The first-order valence-corrected chi connectivity index (χ1v) is 6.18. The monoisotopic (exact) mass is 305 g/mol. The minimum Gasteiger partial charge on any atom is -0.380 e. The van der Waals surface area contributed by atoms with Crippen LogP contribution in [0.3, 0.4) is 0 Å². The number of halogens is 1. The Bertz CT molecular complexity index is 537. The first kappa shape index (κ1) is 12.6. The third-order valence-electron chi connectivity index (χ3n) is 2.46. The van der Waals surface area contributed by atoms with Crippen LogP contribution in [0.25, 0.3) is 0 Å². The number of primary amides is 1. The van der Waals surface area contributed by atoms with E-state index in [1.807, 2.05) is 24.3 Å². The highest BCUT2D eigenvalue weighted by Crippen LogP contribution is 2.12. The van der Waals surface area contributed by atoms with Gasteiger partial charge >= 0.3 is 0 Å². The molecule has 0 unspecified atom stereocenters. The van der Waals surface area contributed by atoms with Crippen molar-refractivity contribution in [2.75, 3.05) is 5.32 Å². The molecule has 0 atom stereocenters. The van der Waals surface area contributed by atoms with E-state index in [9.17, 15) is 4.79 Å². The third-order valence-corrected chi connectivity index (χ3v) is 2.93. The van der Waals surface area contributed by atoms with Crippen molar-refractivity contribution in [1.82, 2.24) is 4.98 Å². The summed E-state index contributed by atoms with van der Waals surface area (Å²) in [6.07, 6.45) is 1.75. The number of hydrogen-bond donors (Lipinski definition) is 2. The molecule has 0 fully saturated rings. The first-order valence-electron chi connectivity index (χ1n) is 5.39. The molecule has 2 rings (SSSR count). The van der Waals surface area contributed by atoms with Crippen molar-refractivity contribution < 1.29 is 4.79 Å². The van der Waals surface area contributed by atoms with Crippen molar-refractivity contribution in [3.63, 3.8) is 0 Å².